The summed E-state index contributed by atoms with van der Waals surface area (Å²) in [6, 6.07) is 0.838. The number of nitrogens with zero attached hydrogens (tertiary/aromatic N) is 1. The molecule has 0 amide bonds. The van der Waals surface area contributed by atoms with E-state index in [-0.39, 0.29) is 15.0 Å². The maximum atomic E-state index is 12.1. The maximum Gasteiger partial charge on any atom is 0.300 e. The van der Waals surface area contributed by atoms with Crippen LogP contribution in [0.2, 0.25) is 4.34 Å². The Morgan fingerprint density at radius 3 is 2.40 bits per heavy atom. The lowest BCUT2D eigenvalue weighted by atomic mass is 10.0. The van der Waals surface area contributed by atoms with Crippen molar-refractivity contribution in [3.8, 4) is 0 Å². The van der Waals surface area contributed by atoms with Gasteiger partial charge >= 0.3 is 0 Å². The predicted molar refractivity (Wildman–Crippen MR) is 73.5 cm³/mol. The molecular formula is C9H13ClN2O6S2. The normalized spacial score (nSPS) is 12.6. The molecular weight excluding hydrogens is 332 g/mol. The van der Waals surface area contributed by atoms with Crippen LogP contribution in [0.15, 0.2) is 10.3 Å². The highest BCUT2D eigenvalue weighted by Crippen LogP contribution is 2.36. The summed E-state index contributed by atoms with van der Waals surface area (Å²) < 4.78 is 25.8. The minimum Gasteiger partial charge on any atom is -0.394 e. The van der Waals surface area contributed by atoms with Gasteiger partial charge in [-0.3, -0.25) is 10.1 Å². The molecule has 0 radical (unpaired) electrons. The van der Waals surface area contributed by atoms with Crippen LogP contribution < -0.4 is 4.72 Å². The summed E-state index contributed by atoms with van der Waals surface area (Å²) in [4.78, 5) is 9.86. The summed E-state index contributed by atoms with van der Waals surface area (Å²) in [6.45, 7) is 0.361. The van der Waals surface area contributed by atoms with Crippen LogP contribution in [0.5, 0.6) is 0 Å². The van der Waals surface area contributed by atoms with Gasteiger partial charge in [0.1, 0.15) is 4.21 Å². The average Bonchev–Trinajstić information content (AvgIpc) is 2.79. The first-order chi connectivity index (χ1) is 9.21. The fourth-order valence-electron chi connectivity index (χ4n) is 1.34. The van der Waals surface area contributed by atoms with Gasteiger partial charge in [0.15, 0.2) is 4.34 Å². The number of nitrogens with one attached hydrogen (secondary N) is 1. The topological polar surface area (TPSA) is 130 Å². The molecule has 11 heteroatoms. The molecule has 1 aromatic rings. The molecule has 114 valence electrons. The second kappa shape index (κ2) is 6.33. The Balaban J connectivity index is 3.17. The van der Waals surface area contributed by atoms with E-state index in [1.54, 1.807) is 6.92 Å². The molecule has 0 atom stereocenters. The smallest absolute Gasteiger partial charge is 0.300 e. The second-order valence-corrected chi connectivity index (χ2v) is 7.60. The third-order valence-electron chi connectivity index (χ3n) is 2.74. The van der Waals surface area contributed by atoms with E-state index in [0.29, 0.717) is 11.3 Å². The number of hydrogen-bond acceptors (Lipinski definition) is 7. The first-order valence-electron chi connectivity index (χ1n) is 5.41. The zero-order valence-electron chi connectivity index (χ0n) is 10.4. The van der Waals surface area contributed by atoms with Crippen molar-refractivity contribution < 1.29 is 23.6 Å². The summed E-state index contributed by atoms with van der Waals surface area (Å²) in [7, 11) is -4.13. The highest BCUT2D eigenvalue weighted by Gasteiger charge is 2.35. The van der Waals surface area contributed by atoms with Gasteiger partial charge in [0.2, 0.25) is 0 Å². The van der Waals surface area contributed by atoms with Crippen LogP contribution in [0.1, 0.15) is 13.3 Å². The number of aliphatic hydroxyl groups excluding tert-OH is 2. The van der Waals surface area contributed by atoms with Crippen LogP contribution in [-0.2, 0) is 10.0 Å². The zero-order valence-corrected chi connectivity index (χ0v) is 12.8. The molecule has 0 saturated heterocycles. The molecule has 1 aromatic heterocycles. The lowest BCUT2D eigenvalue weighted by Gasteiger charge is -2.28. The molecule has 0 fully saturated rings. The number of aliphatic hydroxyl groups is 2. The monoisotopic (exact) mass is 344 g/mol. The second-order valence-electron chi connectivity index (χ2n) is 4.04. The molecule has 8 nitrogen and oxygen atoms in total. The lowest BCUT2D eigenvalue weighted by Crippen LogP contribution is -2.53. The van der Waals surface area contributed by atoms with Gasteiger partial charge in [0.25, 0.3) is 15.7 Å². The van der Waals surface area contributed by atoms with Gasteiger partial charge in [0, 0.05) is 6.07 Å². The molecule has 0 bridgehead atoms. The maximum absolute atomic E-state index is 12.1. The van der Waals surface area contributed by atoms with E-state index in [2.05, 4.69) is 4.72 Å². The van der Waals surface area contributed by atoms with Crippen LogP contribution in [0.4, 0.5) is 5.69 Å². The van der Waals surface area contributed by atoms with Gasteiger partial charge in [-0.25, -0.2) is 8.42 Å². The van der Waals surface area contributed by atoms with Crippen molar-refractivity contribution in [3.05, 3.63) is 20.5 Å². The van der Waals surface area contributed by atoms with E-state index >= 15 is 0 Å². The van der Waals surface area contributed by atoms with Crippen LogP contribution in [-0.4, -0.2) is 42.3 Å². The molecule has 0 unspecified atom stereocenters. The van der Waals surface area contributed by atoms with Crippen LogP contribution >= 0.6 is 22.9 Å². The first-order valence-corrected chi connectivity index (χ1v) is 8.08. The van der Waals surface area contributed by atoms with E-state index in [1.807, 2.05) is 0 Å². The number of thiophene rings is 1. The van der Waals surface area contributed by atoms with Gasteiger partial charge in [-0.2, -0.15) is 4.72 Å². The Hall–Kier alpha value is -0.780. The average molecular weight is 345 g/mol. The molecule has 0 aliphatic carbocycles. The van der Waals surface area contributed by atoms with Crippen LogP contribution in [0.3, 0.4) is 0 Å². The Labute approximate surface area is 124 Å². The summed E-state index contributed by atoms with van der Waals surface area (Å²) in [5.41, 5.74) is -1.93. The van der Waals surface area contributed by atoms with Gasteiger partial charge in [-0.05, 0) is 6.42 Å². The standard InChI is InChI=1S/C9H13ClN2O6S2/c1-2-9(4-13,5-14)11-20(17,18)7-3-6(12(15)16)8(10)19-7/h3,11,13-14H,2,4-5H2,1H3. The minimum absolute atomic E-state index is 0.139. The molecule has 20 heavy (non-hydrogen) atoms. The highest BCUT2D eigenvalue weighted by atomic mass is 35.5. The van der Waals surface area contributed by atoms with E-state index in [9.17, 15) is 28.7 Å². The fourth-order valence-corrected chi connectivity index (χ4v) is 4.46. The van der Waals surface area contributed by atoms with Gasteiger partial charge < -0.3 is 10.2 Å². The largest absolute Gasteiger partial charge is 0.394 e. The molecule has 0 aliphatic heterocycles. The Morgan fingerprint density at radius 1 is 1.50 bits per heavy atom. The number of sulfonamides is 1. The number of hydrogen-bond donors (Lipinski definition) is 3. The molecule has 0 saturated carbocycles. The number of nitro groups is 1. The van der Waals surface area contributed by atoms with Crippen LogP contribution in [0.25, 0.3) is 0 Å². The summed E-state index contributed by atoms with van der Waals surface area (Å²) in [5.74, 6) is 0. The third kappa shape index (κ3) is 3.45. The minimum atomic E-state index is -4.13. The highest BCUT2D eigenvalue weighted by molar-refractivity contribution is 7.91. The van der Waals surface area contributed by atoms with E-state index in [4.69, 9.17) is 11.6 Å². The third-order valence-corrected chi connectivity index (χ3v) is 6.13. The van der Waals surface area contributed by atoms with Crippen molar-refractivity contribution in [2.75, 3.05) is 13.2 Å². The van der Waals surface area contributed by atoms with Crippen molar-refractivity contribution in [3.63, 3.8) is 0 Å². The van der Waals surface area contributed by atoms with Gasteiger partial charge in [-0.15, -0.1) is 11.3 Å². The Kier molecular flexibility index (Phi) is 5.46. The van der Waals surface area contributed by atoms with Gasteiger partial charge in [-0.1, -0.05) is 18.5 Å². The van der Waals surface area contributed by atoms with Crippen LogP contribution in [0, 0.1) is 10.1 Å². The van der Waals surface area contributed by atoms with Crippen molar-refractivity contribution in [1.29, 1.82) is 0 Å². The van der Waals surface area contributed by atoms with E-state index < -0.39 is 39.4 Å². The van der Waals surface area contributed by atoms with Crippen molar-refractivity contribution in [1.82, 2.24) is 4.72 Å². The summed E-state index contributed by atoms with van der Waals surface area (Å²) >= 11 is 6.14. The van der Waals surface area contributed by atoms with E-state index in [0.717, 1.165) is 6.07 Å². The van der Waals surface area contributed by atoms with E-state index in [1.165, 1.54) is 0 Å². The van der Waals surface area contributed by atoms with Crippen molar-refractivity contribution in [2.45, 2.75) is 23.1 Å². The van der Waals surface area contributed by atoms with Gasteiger partial charge in [0.05, 0.1) is 23.7 Å². The summed E-state index contributed by atoms with van der Waals surface area (Å²) in [6.07, 6.45) is 0.139. The molecule has 0 aliphatic rings. The molecule has 3 N–H and O–H groups in total. The number of rotatable bonds is 7. The molecule has 1 heterocycles. The molecule has 0 spiro atoms. The van der Waals surface area contributed by atoms with Crippen molar-refractivity contribution in [2.24, 2.45) is 0 Å². The van der Waals surface area contributed by atoms with Crippen molar-refractivity contribution >= 4 is 38.6 Å². The number of halogens is 1. The Bertz CT molecular complexity index is 587. The summed E-state index contributed by atoms with van der Waals surface area (Å²) in [5, 5.41) is 29.1. The predicted octanol–water partition coefficient (Wildman–Crippen LogP) is 0.721. The Morgan fingerprint density at radius 2 is 2.05 bits per heavy atom. The lowest BCUT2D eigenvalue weighted by molar-refractivity contribution is -0.384. The first kappa shape index (κ1) is 17.3. The zero-order chi connectivity index (χ0) is 15.6. The quantitative estimate of drug-likeness (QED) is 0.493. The fraction of sp³-hybridized carbons (Fsp3) is 0.556. The SMILES string of the molecule is CCC(CO)(CO)NS(=O)(=O)c1cc([N+](=O)[O-])c(Cl)s1. The molecule has 1 rings (SSSR count). The molecule has 0 aromatic carbocycles.